The van der Waals surface area contributed by atoms with E-state index in [2.05, 4.69) is 4.99 Å². The van der Waals surface area contributed by atoms with Gasteiger partial charge in [0.15, 0.2) is 12.6 Å². The first kappa shape index (κ1) is 14.5. The van der Waals surface area contributed by atoms with Gasteiger partial charge in [-0.2, -0.15) is 0 Å². The van der Waals surface area contributed by atoms with E-state index in [1.807, 2.05) is 30.3 Å². The number of carbonyl (C=O) groups excluding carboxylic acids is 3. The van der Waals surface area contributed by atoms with E-state index < -0.39 is 5.91 Å². The highest BCUT2D eigenvalue weighted by Crippen LogP contribution is 2.09. The van der Waals surface area contributed by atoms with E-state index in [4.69, 9.17) is 0 Å². The van der Waals surface area contributed by atoms with Gasteiger partial charge in [0.2, 0.25) is 0 Å². The van der Waals surface area contributed by atoms with Gasteiger partial charge in [-0.15, -0.1) is 0 Å². The van der Waals surface area contributed by atoms with Crippen LogP contribution in [0.15, 0.2) is 59.6 Å². The van der Waals surface area contributed by atoms with Crippen molar-refractivity contribution in [3.63, 3.8) is 0 Å². The Hall–Kier alpha value is -2.88. The third-order valence-corrected chi connectivity index (χ3v) is 2.93. The fraction of sp³-hybridized carbons (Fsp3) is 0.0588. The molecule has 0 radical (unpaired) electrons. The van der Waals surface area contributed by atoms with E-state index in [0.29, 0.717) is 12.6 Å². The smallest absolute Gasteiger partial charge is 0.278 e. The number of hydrogen-bond donors (Lipinski definition) is 0. The number of rotatable bonds is 5. The standard InChI is InChI=1S/C17H13NO3/c19-11-14-8-4-5-9-16(14)17(21)18-15(12-20)10-13-6-2-1-3-7-13/h1-9,11-12H,10H2. The molecule has 21 heavy (non-hydrogen) atoms. The zero-order valence-electron chi connectivity index (χ0n) is 11.2. The molecule has 0 N–H and O–H groups in total. The predicted molar refractivity (Wildman–Crippen MR) is 79.8 cm³/mol. The van der Waals surface area contributed by atoms with E-state index in [9.17, 15) is 14.4 Å². The Balaban J connectivity index is 2.25. The normalized spacial score (nSPS) is 11.0. The van der Waals surface area contributed by atoms with Crippen molar-refractivity contribution >= 4 is 24.2 Å². The molecule has 0 atom stereocenters. The fourth-order valence-electron chi connectivity index (χ4n) is 1.90. The maximum Gasteiger partial charge on any atom is 0.278 e. The summed E-state index contributed by atoms with van der Waals surface area (Å²) in [6.45, 7) is 0. The Morgan fingerprint density at radius 2 is 1.62 bits per heavy atom. The molecular formula is C17H13NO3. The lowest BCUT2D eigenvalue weighted by Crippen LogP contribution is -2.10. The number of aldehydes is 2. The van der Waals surface area contributed by atoms with Crippen LogP contribution in [-0.4, -0.2) is 24.2 Å². The number of aliphatic imine (C=N–C) groups is 1. The molecule has 104 valence electrons. The summed E-state index contributed by atoms with van der Waals surface area (Å²) in [4.78, 5) is 37.9. The number of benzene rings is 2. The largest absolute Gasteiger partial charge is 0.298 e. The van der Waals surface area contributed by atoms with E-state index in [-0.39, 0.29) is 23.3 Å². The molecular weight excluding hydrogens is 266 g/mol. The molecule has 2 aromatic carbocycles. The van der Waals surface area contributed by atoms with Crippen LogP contribution in [0, 0.1) is 0 Å². The average molecular weight is 279 g/mol. The number of nitrogens with zero attached hydrogens (tertiary/aromatic N) is 1. The van der Waals surface area contributed by atoms with Crippen LogP contribution in [0.4, 0.5) is 0 Å². The molecule has 2 rings (SSSR count). The summed E-state index contributed by atoms with van der Waals surface area (Å²) in [6.07, 6.45) is 1.44. The predicted octanol–water partition coefficient (Wildman–Crippen LogP) is 2.52. The van der Waals surface area contributed by atoms with Crippen molar-refractivity contribution in [3.8, 4) is 0 Å². The minimum absolute atomic E-state index is 0.131. The van der Waals surface area contributed by atoms with Crippen molar-refractivity contribution in [1.29, 1.82) is 0 Å². The van der Waals surface area contributed by atoms with Crippen LogP contribution in [0.25, 0.3) is 0 Å². The monoisotopic (exact) mass is 279 g/mol. The van der Waals surface area contributed by atoms with Gasteiger partial charge in [0.1, 0.15) is 0 Å². The number of hydrogen-bond acceptors (Lipinski definition) is 3. The molecule has 0 saturated heterocycles. The van der Waals surface area contributed by atoms with Gasteiger partial charge in [-0.25, -0.2) is 4.99 Å². The molecule has 4 heteroatoms. The van der Waals surface area contributed by atoms with Crippen molar-refractivity contribution < 1.29 is 14.4 Å². The molecule has 0 aliphatic carbocycles. The summed E-state index contributed by atoms with van der Waals surface area (Å²) in [7, 11) is 0. The van der Waals surface area contributed by atoms with Crippen LogP contribution in [0.5, 0.6) is 0 Å². The summed E-state index contributed by atoms with van der Waals surface area (Å²) in [5.74, 6) is -0.587. The lowest BCUT2D eigenvalue weighted by Gasteiger charge is -2.02. The molecule has 4 nitrogen and oxygen atoms in total. The van der Waals surface area contributed by atoms with Crippen molar-refractivity contribution in [2.45, 2.75) is 6.42 Å². The van der Waals surface area contributed by atoms with Gasteiger partial charge in [0, 0.05) is 12.0 Å². The van der Waals surface area contributed by atoms with Crippen LogP contribution < -0.4 is 0 Å². The molecule has 0 aliphatic rings. The average Bonchev–Trinajstić information content (AvgIpc) is 2.55. The Kier molecular flexibility index (Phi) is 4.88. The van der Waals surface area contributed by atoms with Crippen molar-refractivity contribution in [2.24, 2.45) is 4.99 Å². The van der Waals surface area contributed by atoms with Crippen LogP contribution in [0.1, 0.15) is 26.3 Å². The van der Waals surface area contributed by atoms with Gasteiger partial charge in [-0.3, -0.25) is 14.4 Å². The zero-order chi connectivity index (χ0) is 15.1. The summed E-state index contributed by atoms with van der Waals surface area (Å²) in [5.41, 5.74) is 1.47. The first-order valence-electron chi connectivity index (χ1n) is 6.40. The Bertz CT molecular complexity index is 690. The Morgan fingerprint density at radius 3 is 2.29 bits per heavy atom. The van der Waals surface area contributed by atoms with Crippen molar-refractivity contribution in [2.75, 3.05) is 0 Å². The molecule has 0 bridgehead atoms. The van der Waals surface area contributed by atoms with E-state index in [1.54, 1.807) is 12.1 Å². The molecule has 0 unspecified atom stereocenters. The van der Waals surface area contributed by atoms with Crippen LogP contribution in [-0.2, 0) is 11.2 Å². The molecule has 0 aromatic heterocycles. The van der Waals surface area contributed by atoms with Gasteiger partial charge in [0.25, 0.3) is 5.91 Å². The second-order valence-corrected chi connectivity index (χ2v) is 4.39. The minimum atomic E-state index is -0.587. The van der Waals surface area contributed by atoms with Gasteiger partial charge in [-0.1, -0.05) is 48.5 Å². The van der Waals surface area contributed by atoms with Crippen LogP contribution in [0.3, 0.4) is 0 Å². The van der Waals surface area contributed by atoms with Crippen molar-refractivity contribution in [3.05, 3.63) is 71.3 Å². The third kappa shape index (κ3) is 3.79. The summed E-state index contributed by atoms with van der Waals surface area (Å²) in [5, 5.41) is 0. The van der Waals surface area contributed by atoms with Crippen LogP contribution in [0.2, 0.25) is 0 Å². The summed E-state index contributed by atoms with van der Waals surface area (Å²) in [6, 6.07) is 15.6. The van der Waals surface area contributed by atoms with Gasteiger partial charge >= 0.3 is 0 Å². The summed E-state index contributed by atoms with van der Waals surface area (Å²) >= 11 is 0. The molecule has 0 aliphatic heterocycles. The van der Waals surface area contributed by atoms with Gasteiger partial charge < -0.3 is 0 Å². The highest BCUT2D eigenvalue weighted by Gasteiger charge is 2.11. The third-order valence-electron chi connectivity index (χ3n) is 2.93. The highest BCUT2D eigenvalue weighted by molar-refractivity contribution is 6.32. The lowest BCUT2D eigenvalue weighted by molar-refractivity contribution is -0.102. The molecule has 0 saturated carbocycles. The highest BCUT2D eigenvalue weighted by atomic mass is 16.1. The Morgan fingerprint density at radius 1 is 0.952 bits per heavy atom. The second-order valence-electron chi connectivity index (χ2n) is 4.39. The van der Waals surface area contributed by atoms with Crippen LogP contribution >= 0.6 is 0 Å². The van der Waals surface area contributed by atoms with Crippen molar-refractivity contribution in [1.82, 2.24) is 0 Å². The quantitative estimate of drug-likeness (QED) is 0.624. The zero-order valence-corrected chi connectivity index (χ0v) is 11.2. The first-order valence-corrected chi connectivity index (χ1v) is 6.40. The maximum absolute atomic E-state index is 12.1. The van der Waals surface area contributed by atoms with E-state index >= 15 is 0 Å². The second kappa shape index (κ2) is 7.05. The Labute approximate surface area is 122 Å². The van der Waals surface area contributed by atoms with E-state index in [0.717, 1.165) is 5.56 Å². The van der Waals surface area contributed by atoms with E-state index in [1.165, 1.54) is 12.1 Å². The van der Waals surface area contributed by atoms with Gasteiger partial charge in [-0.05, 0) is 11.6 Å². The number of amides is 1. The van der Waals surface area contributed by atoms with Gasteiger partial charge in [0.05, 0.1) is 11.3 Å². The molecule has 2 aromatic rings. The summed E-state index contributed by atoms with van der Waals surface area (Å²) < 4.78 is 0. The SMILES string of the molecule is O=CC(Cc1ccccc1)=NC(=O)c1ccccc1C=O. The topological polar surface area (TPSA) is 63.6 Å². The first-order chi connectivity index (χ1) is 10.2. The fourth-order valence-corrected chi connectivity index (χ4v) is 1.90. The molecule has 1 amide bonds. The molecule has 0 fully saturated rings. The maximum atomic E-state index is 12.1. The minimum Gasteiger partial charge on any atom is -0.298 e. The molecule has 0 heterocycles. The number of carbonyl (C=O) groups is 3. The lowest BCUT2D eigenvalue weighted by atomic mass is 10.1. The molecule has 0 spiro atoms.